The predicted octanol–water partition coefficient (Wildman–Crippen LogP) is 1.47. The van der Waals surface area contributed by atoms with E-state index in [0.29, 0.717) is 6.54 Å². The van der Waals surface area contributed by atoms with E-state index in [0.717, 1.165) is 41.7 Å². The fraction of sp³-hybridized carbons (Fsp3) is 0.533. The molecule has 0 radical (unpaired) electrons. The average Bonchev–Trinajstić information content (AvgIpc) is 3.00. The van der Waals surface area contributed by atoms with Crippen molar-refractivity contribution in [3.8, 4) is 11.5 Å². The smallest absolute Gasteiger partial charge is 0.237 e. The fourth-order valence-electron chi connectivity index (χ4n) is 2.52. The van der Waals surface area contributed by atoms with Gasteiger partial charge in [0, 0.05) is 31.1 Å². The van der Waals surface area contributed by atoms with Crippen LogP contribution < -0.4 is 14.8 Å². The normalized spacial score (nSPS) is 19.3. The Balaban J connectivity index is 1.53. The molecule has 5 nitrogen and oxygen atoms in total. The van der Waals surface area contributed by atoms with Gasteiger partial charge in [0.1, 0.15) is 0 Å². The van der Waals surface area contributed by atoms with Crippen LogP contribution in [0.2, 0.25) is 0 Å². The van der Waals surface area contributed by atoms with E-state index in [-0.39, 0.29) is 18.7 Å². The molecular weight excluding hydrogens is 288 g/mol. The Morgan fingerprint density at radius 3 is 2.90 bits per heavy atom. The van der Waals surface area contributed by atoms with Gasteiger partial charge in [0.05, 0.1) is 6.04 Å². The molecule has 2 heterocycles. The average molecular weight is 308 g/mol. The molecule has 3 rings (SSSR count). The van der Waals surface area contributed by atoms with E-state index in [1.54, 1.807) is 0 Å². The summed E-state index contributed by atoms with van der Waals surface area (Å²) in [7, 11) is 0. The highest BCUT2D eigenvalue weighted by Crippen LogP contribution is 2.32. The number of nitrogens with one attached hydrogen (secondary N) is 1. The lowest BCUT2D eigenvalue weighted by atomic mass is 10.2. The molecule has 0 aliphatic carbocycles. The van der Waals surface area contributed by atoms with E-state index in [4.69, 9.17) is 9.47 Å². The molecule has 1 saturated heterocycles. The van der Waals surface area contributed by atoms with Crippen molar-refractivity contribution in [2.24, 2.45) is 0 Å². The Hall–Kier alpha value is -1.40. The Labute approximate surface area is 129 Å². The molecule has 1 fully saturated rings. The molecular formula is C15H20N2O3S. The molecule has 1 N–H and O–H groups in total. The van der Waals surface area contributed by atoms with E-state index < -0.39 is 0 Å². The zero-order valence-corrected chi connectivity index (χ0v) is 12.9. The number of ether oxygens (including phenoxy) is 2. The van der Waals surface area contributed by atoms with E-state index in [9.17, 15) is 4.79 Å². The van der Waals surface area contributed by atoms with E-state index in [2.05, 4.69) is 10.2 Å². The molecule has 1 amide bonds. The highest BCUT2D eigenvalue weighted by Gasteiger charge is 2.22. The van der Waals surface area contributed by atoms with Crippen molar-refractivity contribution in [2.75, 3.05) is 31.4 Å². The summed E-state index contributed by atoms with van der Waals surface area (Å²) in [6.45, 7) is 4.75. The van der Waals surface area contributed by atoms with Crippen molar-refractivity contribution in [3.05, 3.63) is 23.8 Å². The zero-order valence-electron chi connectivity index (χ0n) is 12.1. The molecule has 21 heavy (non-hydrogen) atoms. The summed E-state index contributed by atoms with van der Waals surface area (Å²) in [6.07, 6.45) is 0. The minimum Gasteiger partial charge on any atom is -0.454 e. The monoisotopic (exact) mass is 308 g/mol. The van der Waals surface area contributed by atoms with Gasteiger partial charge in [-0.25, -0.2) is 0 Å². The molecule has 0 unspecified atom stereocenters. The zero-order chi connectivity index (χ0) is 14.7. The van der Waals surface area contributed by atoms with E-state index in [1.807, 2.05) is 36.9 Å². The largest absolute Gasteiger partial charge is 0.454 e. The fourth-order valence-corrected chi connectivity index (χ4v) is 3.45. The minimum absolute atomic E-state index is 0.0695. The van der Waals surface area contributed by atoms with Crippen molar-refractivity contribution in [2.45, 2.75) is 19.5 Å². The summed E-state index contributed by atoms with van der Waals surface area (Å²) >= 11 is 1.95. The van der Waals surface area contributed by atoms with Gasteiger partial charge in [0.15, 0.2) is 11.5 Å². The van der Waals surface area contributed by atoms with E-state index in [1.165, 1.54) is 0 Å². The maximum Gasteiger partial charge on any atom is 0.237 e. The number of carbonyl (C=O) groups excluding carboxylic acids is 1. The van der Waals surface area contributed by atoms with Crippen molar-refractivity contribution in [1.82, 2.24) is 10.2 Å². The van der Waals surface area contributed by atoms with Crippen LogP contribution in [0.5, 0.6) is 11.5 Å². The lowest BCUT2D eigenvalue weighted by molar-refractivity contribution is -0.125. The molecule has 0 aromatic heterocycles. The topological polar surface area (TPSA) is 50.8 Å². The quantitative estimate of drug-likeness (QED) is 0.913. The van der Waals surface area contributed by atoms with Crippen LogP contribution in [0, 0.1) is 0 Å². The van der Waals surface area contributed by atoms with Crippen LogP contribution in [0.1, 0.15) is 12.5 Å². The molecule has 0 spiro atoms. The summed E-state index contributed by atoms with van der Waals surface area (Å²) in [5, 5.41) is 3.00. The third-order valence-corrected chi connectivity index (χ3v) is 4.82. The van der Waals surface area contributed by atoms with Crippen molar-refractivity contribution < 1.29 is 14.3 Å². The summed E-state index contributed by atoms with van der Waals surface area (Å²) in [5.41, 5.74) is 1.02. The molecule has 1 aromatic carbocycles. The van der Waals surface area contributed by atoms with Crippen LogP contribution in [-0.4, -0.2) is 48.2 Å². The number of carbonyl (C=O) groups is 1. The highest BCUT2D eigenvalue weighted by molar-refractivity contribution is 7.99. The second-order valence-corrected chi connectivity index (χ2v) is 6.45. The first-order valence-electron chi connectivity index (χ1n) is 7.22. The van der Waals surface area contributed by atoms with Gasteiger partial charge in [-0.05, 0) is 24.6 Å². The number of nitrogens with zero attached hydrogens (tertiary/aromatic N) is 1. The molecule has 2 aliphatic heterocycles. The Bertz CT molecular complexity index is 518. The van der Waals surface area contributed by atoms with Crippen LogP contribution in [0.4, 0.5) is 0 Å². The Morgan fingerprint density at radius 1 is 1.33 bits per heavy atom. The summed E-state index contributed by atoms with van der Waals surface area (Å²) in [4.78, 5) is 14.5. The first kappa shape index (κ1) is 14.5. The number of thioether (sulfide) groups is 1. The maximum atomic E-state index is 12.2. The van der Waals surface area contributed by atoms with Crippen LogP contribution in [0.15, 0.2) is 18.2 Å². The van der Waals surface area contributed by atoms with Crippen LogP contribution in [0.3, 0.4) is 0 Å². The predicted molar refractivity (Wildman–Crippen MR) is 82.8 cm³/mol. The molecule has 2 aliphatic rings. The standard InChI is InChI=1S/C15H20N2O3S/c1-11(17-4-6-21-7-5-17)15(18)16-9-12-2-3-13-14(8-12)20-10-19-13/h2-3,8,11H,4-7,9-10H2,1H3,(H,16,18)/t11-/m1/s1. The lowest BCUT2D eigenvalue weighted by Gasteiger charge is -2.31. The third-order valence-electron chi connectivity index (χ3n) is 3.88. The van der Waals surface area contributed by atoms with Crippen molar-refractivity contribution in [3.63, 3.8) is 0 Å². The lowest BCUT2D eigenvalue weighted by Crippen LogP contribution is -2.48. The van der Waals surface area contributed by atoms with Crippen LogP contribution in [-0.2, 0) is 11.3 Å². The van der Waals surface area contributed by atoms with E-state index >= 15 is 0 Å². The van der Waals surface area contributed by atoms with Gasteiger partial charge in [-0.15, -0.1) is 0 Å². The Kier molecular flexibility index (Phi) is 4.55. The van der Waals surface area contributed by atoms with Gasteiger partial charge in [-0.3, -0.25) is 9.69 Å². The second-order valence-electron chi connectivity index (χ2n) is 5.23. The van der Waals surface area contributed by atoms with Gasteiger partial charge in [-0.1, -0.05) is 6.07 Å². The molecule has 114 valence electrons. The number of hydrogen-bond donors (Lipinski definition) is 1. The first-order chi connectivity index (χ1) is 10.2. The number of hydrogen-bond acceptors (Lipinski definition) is 5. The Morgan fingerprint density at radius 2 is 2.10 bits per heavy atom. The first-order valence-corrected chi connectivity index (χ1v) is 8.37. The van der Waals surface area contributed by atoms with Crippen LogP contribution in [0.25, 0.3) is 0 Å². The molecule has 6 heteroatoms. The van der Waals surface area contributed by atoms with Gasteiger partial charge in [0.25, 0.3) is 0 Å². The summed E-state index contributed by atoms with van der Waals surface area (Å²) < 4.78 is 10.6. The van der Waals surface area contributed by atoms with Crippen molar-refractivity contribution >= 4 is 17.7 Å². The molecule has 0 saturated carbocycles. The van der Waals surface area contributed by atoms with Gasteiger partial charge >= 0.3 is 0 Å². The van der Waals surface area contributed by atoms with Crippen molar-refractivity contribution in [1.29, 1.82) is 0 Å². The number of fused-ring (bicyclic) bond motifs is 1. The number of amides is 1. The molecule has 1 aromatic rings. The summed E-state index contributed by atoms with van der Waals surface area (Å²) in [6, 6.07) is 5.69. The third kappa shape index (κ3) is 3.44. The summed E-state index contributed by atoms with van der Waals surface area (Å²) in [5.74, 6) is 3.83. The molecule has 1 atom stereocenters. The minimum atomic E-state index is -0.0695. The molecule has 0 bridgehead atoms. The van der Waals surface area contributed by atoms with Gasteiger partial charge in [0.2, 0.25) is 12.7 Å². The maximum absolute atomic E-state index is 12.2. The SMILES string of the molecule is C[C@H](C(=O)NCc1ccc2c(c1)OCO2)N1CCSCC1. The highest BCUT2D eigenvalue weighted by atomic mass is 32.2. The van der Waals surface area contributed by atoms with Crippen LogP contribution >= 0.6 is 11.8 Å². The number of benzene rings is 1. The van der Waals surface area contributed by atoms with Gasteiger partial charge < -0.3 is 14.8 Å². The second kappa shape index (κ2) is 6.58. The number of rotatable bonds is 4. The van der Waals surface area contributed by atoms with Gasteiger partial charge in [-0.2, -0.15) is 11.8 Å².